The molecule has 0 atom stereocenters. The largest absolute Gasteiger partial charge is 0.476 e. The van der Waals surface area contributed by atoms with Gasteiger partial charge in [0.1, 0.15) is 12.1 Å². The van der Waals surface area contributed by atoms with Crippen molar-refractivity contribution in [2.45, 2.75) is 6.92 Å². The Balaban J connectivity index is 1.88. The fourth-order valence-electron chi connectivity index (χ4n) is 2.68. The van der Waals surface area contributed by atoms with E-state index in [-0.39, 0.29) is 16.6 Å². The fraction of sp³-hybridized carbons (Fsp3) is 0.111. The van der Waals surface area contributed by atoms with Crippen LogP contribution in [0.25, 0.3) is 21.1 Å². The molecule has 28 heavy (non-hydrogen) atoms. The summed E-state index contributed by atoms with van der Waals surface area (Å²) in [4.78, 5) is 12.9. The van der Waals surface area contributed by atoms with Crippen LogP contribution in [0.1, 0.15) is 11.9 Å². The third kappa shape index (κ3) is 3.23. The van der Waals surface area contributed by atoms with E-state index >= 15 is 0 Å². The van der Waals surface area contributed by atoms with Crippen LogP contribution in [0.4, 0.5) is 20.3 Å². The Morgan fingerprint density at radius 3 is 2.75 bits per heavy atom. The smallest absolute Gasteiger partial charge is 0.243 e. The third-order valence-corrected chi connectivity index (χ3v) is 5.30. The standard InChI is InChI=1S/C18H12ClF2N5OS/c1-2-27-16(22)18-26-12-4-3-11-14(15(12)28-18)17(24-7-23-11)25-13-6-10(21)9(20)5-8(13)19/h3-7,22H,2H2,1H3,(H,23,24,25). The van der Waals surface area contributed by atoms with Crippen molar-refractivity contribution in [3.63, 3.8) is 0 Å². The highest BCUT2D eigenvalue weighted by atomic mass is 35.5. The van der Waals surface area contributed by atoms with Gasteiger partial charge < -0.3 is 10.1 Å². The molecule has 0 saturated heterocycles. The molecule has 4 rings (SSSR count). The minimum atomic E-state index is -1.04. The van der Waals surface area contributed by atoms with Crippen molar-refractivity contribution < 1.29 is 13.5 Å². The van der Waals surface area contributed by atoms with Crippen LogP contribution in [0.5, 0.6) is 0 Å². The molecule has 142 valence electrons. The summed E-state index contributed by atoms with van der Waals surface area (Å²) in [6, 6.07) is 5.42. The molecule has 2 aromatic carbocycles. The summed E-state index contributed by atoms with van der Waals surface area (Å²) >= 11 is 7.30. The zero-order valence-electron chi connectivity index (χ0n) is 14.4. The van der Waals surface area contributed by atoms with Crippen molar-refractivity contribution in [1.82, 2.24) is 15.0 Å². The number of hydrogen-bond acceptors (Lipinski definition) is 7. The molecule has 6 nitrogen and oxygen atoms in total. The fourth-order valence-corrected chi connectivity index (χ4v) is 3.88. The number of nitrogens with one attached hydrogen (secondary N) is 2. The maximum absolute atomic E-state index is 13.6. The van der Waals surface area contributed by atoms with E-state index in [1.54, 1.807) is 19.1 Å². The quantitative estimate of drug-likeness (QED) is 0.267. The predicted molar refractivity (Wildman–Crippen MR) is 106 cm³/mol. The van der Waals surface area contributed by atoms with Gasteiger partial charge in [-0.1, -0.05) is 11.6 Å². The Bertz CT molecular complexity index is 1230. The molecule has 0 unspecified atom stereocenters. The number of benzene rings is 2. The average molecular weight is 420 g/mol. The molecule has 2 N–H and O–H groups in total. The summed E-state index contributed by atoms with van der Waals surface area (Å²) < 4.78 is 33.0. The van der Waals surface area contributed by atoms with Crippen LogP contribution in [0, 0.1) is 17.0 Å². The van der Waals surface area contributed by atoms with Crippen molar-refractivity contribution in [3.05, 3.63) is 52.3 Å². The van der Waals surface area contributed by atoms with Gasteiger partial charge in [0.05, 0.1) is 38.4 Å². The number of rotatable bonds is 4. The van der Waals surface area contributed by atoms with E-state index in [0.717, 1.165) is 16.8 Å². The van der Waals surface area contributed by atoms with Gasteiger partial charge in [-0.05, 0) is 25.1 Å². The van der Waals surface area contributed by atoms with Gasteiger partial charge in [0.2, 0.25) is 5.90 Å². The maximum atomic E-state index is 13.6. The Kier molecular flexibility index (Phi) is 4.78. The summed E-state index contributed by atoms with van der Waals surface area (Å²) in [6.07, 6.45) is 1.36. The summed E-state index contributed by atoms with van der Waals surface area (Å²) in [5.41, 5.74) is 1.44. The van der Waals surface area contributed by atoms with Crippen LogP contribution in [-0.2, 0) is 4.74 Å². The normalized spacial score (nSPS) is 11.1. The first-order valence-electron chi connectivity index (χ1n) is 8.15. The van der Waals surface area contributed by atoms with Gasteiger partial charge in [-0.3, -0.25) is 5.41 Å². The molecule has 0 fully saturated rings. The molecule has 10 heteroatoms. The number of anilines is 2. The second-order valence-electron chi connectivity index (χ2n) is 5.68. The summed E-state index contributed by atoms with van der Waals surface area (Å²) in [7, 11) is 0. The summed E-state index contributed by atoms with van der Waals surface area (Å²) in [5.74, 6) is -1.72. The zero-order chi connectivity index (χ0) is 19.8. The maximum Gasteiger partial charge on any atom is 0.243 e. The monoisotopic (exact) mass is 419 g/mol. The lowest BCUT2D eigenvalue weighted by atomic mass is 10.2. The molecule has 0 amide bonds. The van der Waals surface area contributed by atoms with E-state index in [2.05, 4.69) is 20.3 Å². The lowest BCUT2D eigenvalue weighted by Crippen LogP contribution is -2.03. The molecule has 2 aromatic heterocycles. The van der Waals surface area contributed by atoms with E-state index in [1.807, 2.05) is 0 Å². The highest BCUT2D eigenvalue weighted by Crippen LogP contribution is 2.36. The van der Waals surface area contributed by atoms with Crippen LogP contribution in [0.3, 0.4) is 0 Å². The van der Waals surface area contributed by atoms with Crippen LogP contribution in [0.2, 0.25) is 5.02 Å². The van der Waals surface area contributed by atoms with E-state index in [9.17, 15) is 8.78 Å². The molecule has 0 aliphatic rings. The molecular formula is C18H12ClF2N5OS. The minimum absolute atomic E-state index is 0.0148. The van der Waals surface area contributed by atoms with Gasteiger partial charge in [0.25, 0.3) is 0 Å². The molecule has 0 bridgehead atoms. The number of halogens is 3. The van der Waals surface area contributed by atoms with Gasteiger partial charge in [0.15, 0.2) is 16.6 Å². The van der Waals surface area contributed by atoms with E-state index < -0.39 is 11.6 Å². The number of nitrogens with zero attached hydrogens (tertiary/aromatic N) is 3. The molecule has 4 aromatic rings. The predicted octanol–water partition coefficient (Wildman–Crippen LogP) is 5.28. The van der Waals surface area contributed by atoms with Crippen molar-refractivity contribution in [1.29, 1.82) is 5.41 Å². The first-order valence-corrected chi connectivity index (χ1v) is 9.35. The Morgan fingerprint density at radius 1 is 1.21 bits per heavy atom. The van der Waals surface area contributed by atoms with Crippen molar-refractivity contribution in [3.8, 4) is 0 Å². The molecule has 0 radical (unpaired) electrons. The number of hydrogen-bond donors (Lipinski definition) is 2. The SMILES string of the molecule is CCOC(=N)c1nc2ccc3ncnc(Nc4cc(F)c(F)cc4Cl)c3c2s1. The molecule has 0 saturated carbocycles. The lowest BCUT2D eigenvalue weighted by Gasteiger charge is -2.10. The Morgan fingerprint density at radius 2 is 1.96 bits per heavy atom. The van der Waals surface area contributed by atoms with Gasteiger partial charge >= 0.3 is 0 Å². The van der Waals surface area contributed by atoms with Crippen molar-refractivity contribution >= 4 is 61.5 Å². The topological polar surface area (TPSA) is 83.8 Å². The number of thiazole rings is 1. The van der Waals surface area contributed by atoms with Crippen molar-refractivity contribution in [2.75, 3.05) is 11.9 Å². The molecule has 0 spiro atoms. The molecular weight excluding hydrogens is 408 g/mol. The van der Waals surface area contributed by atoms with Crippen molar-refractivity contribution in [2.24, 2.45) is 0 Å². The van der Waals surface area contributed by atoms with Crippen LogP contribution in [-0.4, -0.2) is 27.5 Å². The molecule has 0 aliphatic heterocycles. The number of fused-ring (bicyclic) bond motifs is 3. The summed E-state index contributed by atoms with van der Waals surface area (Å²) in [5, 5.41) is 12.0. The van der Waals surface area contributed by atoms with Gasteiger partial charge in [-0.25, -0.2) is 23.7 Å². The Labute approximate surface area is 166 Å². The summed E-state index contributed by atoms with van der Waals surface area (Å²) in [6.45, 7) is 2.15. The van der Waals surface area contributed by atoms with Crippen LogP contribution in [0.15, 0.2) is 30.6 Å². The van der Waals surface area contributed by atoms with Gasteiger partial charge in [-0.15, -0.1) is 11.3 Å². The van der Waals surface area contributed by atoms with E-state index in [0.29, 0.717) is 33.9 Å². The van der Waals surface area contributed by atoms with Gasteiger partial charge in [-0.2, -0.15) is 0 Å². The lowest BCUT2D eigenvalue weighted by molar-refractivity contribution is 0.325. The minimum Gasteiger partial charge on any atom is -0.476 e. The third-order valence-electron chi connectivity index (χ3n) is 3.90. The van der Waals surface area contributed by atoms with Crippen LogP contribution < -0.4 is 5.32 Å². The van der Waals surface area contributed by atoms with Gasteiger partial charge in [0, 0.05) is 6.07 Å². The molecule has 2 heterocycles. The highest BCUT2D eigenvalue weighted by Gasteiger charge is 2.17. The second kappa shape index (κ2) is 7.25. The number of aromatic nitrogens is 3. The van der Waals surface area contributed by atoms with E-state index in [1.165, 1.54) is 17.7 Å². The zero-order valence-corrected chi connectivity index (χ0v) is 16.0. The Hall–Kier alpha value is -2.91. The van der Waals surface area contributed by atoms with Crippen LogP contribution >= 0.6 is 22.9 Å². The molecule has 0 aliphatic carbocycles. The van der Waals surface area contributed by atoms with E-state index in [4.69, 9.17) is 21.7 Å². The highest BCUT2D eigenvalue weighted by molar-refractivity contribution is 7.21. The average Bonchev–Trinajstić information content (AvgIpc) is 3.11. The first kappa shape index (κ1) is 18.5. The second-order valence-corrected chi connectivity index (χ2v) is 7.09. The number of ether oxygens (including phenoxy) is 1. The first-order chi connectivity index (χ1) is 13.5.